The molecule has 0 aromatic heterocycles. The molecule has 1 saturated heterocycles. The standard InChI is InChI=1S/C32H35NO5/c1-20-7-12-23(32(2,3)4)19-26(20)29(34)27-28(22-10-15-25(38-6)16-11-22)33(31(36)30(27)35)18-17-21-8-13-24(37-5)14-9-21/h7-16,19,28,34H,17-18H2,1-6H3/b29-27+. The minimum Gasteiger partial charge on any atom is -0.507 e. The van der Waals surface area contributed by atoms with E-state index in [1.165, 1.54) is 0 Å². The van der Waals surface area contributed by atoms with Crippen molar-refractivity contribution in [1.29, 1.82) is 0 Å². The summed E-state index contributed by atoms with van der Waals surface area (Å²) in [6, 6.07) is 20.1. The summed E-state index contributed by atoms with van der Waals surface area (Å²) in [5.74, 6) is -0.0400. The fraction of sp³-hybridized carbons (Fsp3) is 0.312. The van der Waals surface area contributed by atoms with Gasteiger partial charge in [-0.25, -0.2) is 0 Å². The Bertz CT molecular complexity index is 1360. The van der Waals surface area contributed by atoms with Crippen LogP contribution >= 0.6 is 0 Å². The van der Waals surface area contributed by atoms with Crippen molar-refractivity contribution in [3.63, 3.8) is 0 Å². The highest BCUT2D eigenvalue weighted by molar-refractivity contribution is 6.46. The number of hydrogen-bond donors (Lipinski definition) is 1. The molecule has 0 bridgehead atoms. The maximum Gasteiger partial charge on any atom is 0.295 e. The van der Waals surface area contributed by atoms with Gasteiger partial charge in [0.05, 0.1) is 25.8 Å². The molecule has 3 aromatic carbocycles. The molecule has 6 nitrogen and oxygen atoms in total. The molecule has 0 spiro atoms. The van der Waals surface area contributed by atoms with E-state index in [2.05, 4.69) is 20.8 Å². The van der Waals surface area contributed by atoms with Gasteiger partial charge in [-0.05, 0) is 71.3 Å². The van der Waals surface area contributed by atoms with Gasteiger partial charge in [-0.2, -0.15) is 0 Å². The van der Waals surface area contributed by atoms with Crippen molar-refractivity contribution in [2.75, 3.05) is 20.8 Å². The van der Waals surface area contributed by atoms with Gasteiger partial charge in [0.1, 0.15) is 17.3 Å². The second-order valence-electron chi connectivity index (χ2n) is 10.6. The SMILES string of the molecule is COc1ccc(CCN2C(=O)C(=O)/C(=C(/O)c3cc(C(C)(C)C)ccc3C)C2c2ccc(OC)cc2)cc1. The van der Waals surface area contributed by atoms with Gasteiger partial charge < -0.3 is 19.5 Å². The zero-order valence-corrected chi connectivity index (χ0v) is 22.9. The van der Waals surface area contributed by atoms with Gasteiger partial charge in [0, 0.05) is 12.1 Å². The number of Topliss-reactive ketones (excluding diaryl/α,β-unsaturated/α-hetero) is 1. The predicted octanol–water partition coefficient (Wildman–Crippen LogP) is 5.97. The van der Waals surface area contributed by atoms with Crippen LogP contribution in [0.3, 0.4) is 0 Å². The molecular formula is C32H35NO5. The van der Waals surface area contributed by atoms with Crippen molar-refractivity contribution in [3.8, 4) is 11.5 Å². The van der Waals surface area contributed by atoms with Crippen molar-refractivity contribution in [2.45, 2.75) is 45.6 Å². The third-order valence-electron chi connectivity index (χ3n) is 7.13. The number of carbonyl (C=O) groups excluding carboxylic acids is 2. The predicted molar refractivity (Wildman–Crippen MR) is 149 cm³/mol. The van der Waals surface area contributed by atoms with Crippen LogP contribution in [0.5, 0.6) is 11.5 Å². The smallest absolute Gasteiger partial charge is 0.295 e. The Labute approximate surface area is 224 Å². The minimum atomic E-state index is -0.725. The van der Waals surface area contributed by atoms with Crippen molar-refractivity contribution in [2.24, 2.45) is 0 Å². The number of hydrogen-bond acceptors (Lipinski definition) is 5. The molecule has 1 atom stereocenters. The first kappa shape index (κ1) is 27.0. The molecule has 1 heterocycles. The number of ether oxygens (including phenoxy) is 2. The summed E-state index contributed by atoms with van der Waals surface area (Å²) in [6.45, 7) is 8.49. The van der Waals surface area contributed by atoms with E-state index in [4.69, 9.17) is 9.47 Å². The van der Waals surface area contributed by atoms with Crippen molar-refractivity contribution >= 4 is 17.4 Å². The Morgan fingerprint density at radius 1 is 0.895 bits per heavy atom. The van der Waals surface area contributed by atoms with E-state index in [0.29, 0.717) is 24.3 Å². The van der Waals surface area contributed by atoms with Crippen LogP contribution in [0.1, 0.15) is 54.6 Å². The Morgan fingerprint density at radius 3 is 2.03 bits per heavy atom. The van der Waals surface area contributed by atoms with Gasteiger partial charge in [0.15, 0.2) is 0 Å². The molecule has 198 valence electrons. The molecule has 3 aromatic rings. The van der Waals surface area contributed by atoms with Crippen LogP contribution in [0.2, 0.25) is 0 Å². The fourth-order valence-electron chi connectivity index (χ4n) is 4.77. The number of benzene rings is 3. The molecule has 1 aliphatic heterocycles. The first-order valence-corrected chi connectivity index (χ1v) is 12.7. The van der Waals surface area contributed by atoms with Crippen LogP contribution in [0, 0.1) is 6.92 Å². The monoisotopic (exact) mass is 513 g/mol. The highest BCUT2D eigenvalue weighted by atomic mass is 16.5. The largest absolute Gasteiger partial charge is 0.507 e. The zero-order chi connectivity index (χ0) is 27.6. The van der Waals surface area contributed by atoms with E-state index in [9.17, 15) is 14.7 Å². The lowest BCUT2D eigenvalue weighted by molar-refractivity contribution is -0.139. The van der Waals surface area contributed by atoms with Crippen molar-refractivity contribution in [3.05, 3.63) is 100 Å². The van der Waals surface area contributed by atoms with Gasteiger partial charge in [-0.3, -0.25) is 9.59 Å². The Balaban J connectivity index is 1.80. The highest BCUT2D eigenvalue weighted by Crippen LogP contribution is 2.41. The molecule has 0 aliphatic carbocycles. The summed E-state index contributed by atoms with van der Waals surface area (Å²) < 4.78 is 10.6. The number of aliphatic hydroxyl groups excluding tert-OH is 1. The molecule has 1 N–H and O–H groups in total. The van der Waals surface area contributed by atoms with E-state index in [0.717, 1.165) is 28.0 Å². The van der Waals surface area contributed by atoms with E-state index >= 15 is 0 Å². The van der Waals surface area contributed by atoms with Crippen molar-refractivity contribution in [1.82, 2.24) is 4.90 Å². The number of aryl methyl sites for hydroxylation is 1. The summed E-state index contributed by atoms with van der Waals surface area (Å²) in [5, 5.41) is 11.6. The molecule has 1 aliphatic rings. The van der Waals surface area contributed by atoms with Gasteiger partial charge in [0.2, 0.25) is 0 Å². The second-order valence-corrected chi connectivity index (χ2v) is 10.6. The molecule has 6 heteroatoms. The van der Waals surface area contributed by atoms with Crippen LogP contribution in [0.25, 0.3) is 5.76 Å². The van der Waals surface area contributed by atoms with Crippen LogP contribution < -0.4 is 9.47 Å². The lowest BCUT2D eigenvalue weighted by Gasteiger charge is -2.26. The molecule has 0 saturated carbocycles. The molecule has 1 amide bonds. The van der Waals surface area contributed by atoms with E-state index in [-0.39, 0.29) is 16.7 Å². The summed E-state index contributed by atoms with van der Waals surface area (Å²) in [7, 11) is 3.20. The molecule has 1 fully saturated rings. The average Bonchev–Trinajstić information content (AvgIpc) is 3.16. The highest BCUT2D eigenvalue weighted by Gasteiger charge is 2.46. The average molecular weight is 514 g/mol. The summed E-state index contributed by atoms with van der Waals surface area (Å²) in [5.41, 5.74) is 4.10. The van der Waals surface area contributed by atoms with E-state index < -0.39 is 17.7 Å². The number of methoxy groups -OCH3 is 2. The zero-order valence-electron chi connectivity index (χ0n) is 22.9. The van der Waals surface area contributed by atoms with Crippen LogP contribution in [-0.2, 0) is 21.4 Å². The third-order valence-corrected chi connectivity index (χ3v) is 7.13. The second kappa shape index (κ2) is 10.7. The summed E-state index contributed by atoms with van der Waals surface area (Å²) in [4.78, 5) is 28.4. The first-order valence-electron chi connectivity index (χ1n) is 12.7. The number of rotatable bonds is 7. The Kier molecular flexibility index (Phi) is 7.63. The maximum absolute atomic E-state index is 13.5. The minimum absolute atomic E-state index is 0.101. The van der Waals surface area contributed by atoms with Crippen molar-refractivity contribution < 1.29 is 24.2 Å². The van der Waals surface area contributed by atoms with Gasteiger partial charge in [-0.15, -0.1) is 0 Å². The molecule has 1 unspecified atom stereocenters. The Hall–Kier alpha value is -4.06. The third kappa shape index (κ3) is 5.30. The quantitative estimate of drug-likeness (QED) is 0.239. The number of amides is 1. The number of likely N-dealkylation sites (tertiary alicyclic amines) is 1. The van der Waals surface area contributed by atoms with Gasteiger partial charge >= 0.3 is 0 Å². The Morgan fingerprint density at radius 2 is 1.47 bits per heavy atom. The van der Waals surface area contributed by atoms with E-state index in [1.54, 1.807) is 31.3 Å². The normalized spacial score (nSPS) is 17.1. The van der Waals surface area contributed by atoms with Crippen LogP contribution in [-0.4, -0.2) is 42.5 Å². The lowest BCUT2D eigenvalue weighted by Crippen LogP contribution is -2.31. The van der Waals surface area contributed by atoms with Crippen LogP contribution in [0.15, 0.2) is 72.3 Å². The summed E-state index contributed by atoms with van der Waals surface area (Å²) >= 11 is 0. The lowest BCUT2D eigenvalue weighted by atomic mass is 9.84. The summed E-state index contributed by atoms with van der Waals surface area (Å²) in [6.07, 6.45) is 0.544. The van der Waals surface area contributed by atoms with Gasteiger partial charge in [-0.1, -0.05) is 57.2 Å². The molecular weight excluding hydrogens is 478 g/mol. The number of ketones is 1. The number of carbonyl (C=O) groups is 2. The topological polar surface area (TPSA) is 76.1 Å². The van der Waals surface area contributed by atoms with E-state index in [1.807, 2.05) is 61.5 Å². The maximum atomic E-state index is 13.5. The fourth-order valence-corrected chi connectivity index (χ4v) is 4.77. The number of nitrogens with zero attached hydrogens (tertiary/aromatic N) is 1. The molecule has 0 radical (unpaired) electrons. The van der Waals surface area contributed by atoms with Crippen LogP contribution in [0.4, 0.5) is 0 Å². The first-order chi connectivity index (χ1) is 18.0. The molecule has 4 rings (SSSR count). The number of aliphatic hydroxyl groups is 1. The molecule has 38 heavy (non-hydrogen) atoms. The van der Waals surface area contributed by atoms with Gasteiger partial charge in [0.25, 0.3) is 11.7 Å².